The number of aromatic nitrogens is 1. The van der Waals surface area contributed by atoms with E-state index < -0.39 is 26.0 Å². The number of benzene rings is 1. The summed E-state index contributed by atoms with van der Waals surface area (Å²) in [6.07, 6.45) is 6.86. The van der Waals surface area contributed by atoms with Gasteiger partial charge in [-0.05, 0) is 24.8 Å². The van der Waals surface area contributed by atoms with Crippen LogP contribution in [0.3, 0.4) is 0 Å². The zero-order chi connectivity index (χ0) is 23.0. The molecule has 12 heteroatoms. The first-order chi connectivity index (χ1) is 15.1. The van der Waals surface area contributed by atoms with Crippen molar-refractivity contribution in [2.24, 2.45) is 5.92 Å². The number of anilines is 1. The second kappa shape index (κ2) is 8.74. The van der Waals surface area contributed by atoms with Crippen LogP contribution in [0.2, 0.25) is 0 Å². The lowest BCUT2D eigenvalue weighted by molar-refractivity contribution is -0.383. The maximum absolute atomic E-state index is 12.7. The van der Waals surface area contributed by atoms with E-state index in [1.54, 1.807) is 4.90 Å². The summed E-state index contributed by atoms with van der Waals surface area (Å²) in [4.78, 5) is 43.5. The van der Waals surface area contributed by atoms with Crippen molar-refractivity contribution in [3.8, 4) is 0 Å². The lowest BCUT2D eigenvalue weighted by atomic mass is 9.89. The monoisotopic (exact) mass is 480 g/mol. The van der Waals surface area contributed by atoms with Gasteiger partial charge in [-0.2, -0.15) is 4.98 Å². The van der Waals surface area contributed by atoms with E-state index in [2.05, 4.69) is 4.98 Å². The Morgan fingerprint density at radius 1 is 1.19 bits per heavy atom. The third kappa shape index (κ3) is 4.60. The van der Waals surface area contributed by atoms with Gasteiger partial charge in [0, 0.05) is 32.0 Å². The van der Waals surface area contributed by atoms with Crippen molar-refractivity contribution in [2.75, 3.05) is 37.3 Å². The molecule has 0 bridgehead atoms. The summed E-state index contributed by atoms with van der Waals surface area (Å²) >= 11 is 0.928. The molecule has 32 heavy (non-hydrogen) atoms. The van der Waals surface area contributed by atoms with Gasteiger partial charge < -0.3 is 9.80 Å². The summed E-state index contributed by atoms with van der Waals surface area (Å²) in [7, 11) is -3.75. The second-order valence-corrected chi connectivity index (χ2v) is 11.4. The molecular weight excluding hydrogens is 456 g/mol. The number of hydrogen-bond acceptors (Lipinski definition) is 9. The summed E-state index contributed by atoms with van der Waals surface area (Å²) in [5, 5.41) is 11.7. The van der Waals surface area contributed by atoms with Gasteiger partial charge in [0.2, 0.25) is 5.91 Å². The minimum atomic E-state index is -3.75. The van der Waals surface area contributed by atoms with Crippen molar-refractivity contribution >= 4 is 48.0 Å². The first kappa shape index (κ1) is 22.6. The SMILES string of the molecule is CS(=O)(=O)c1cc([N+](=O)[O-])c2sc(N3CCN(CC4CCCCC4)C(=O)C3)nc(=O)c2c1. The molecule has 1 amide bonds. The predicted octanol–water partition coefficient (Wildman–Crippen LogP) is 2.20. The molecule has 2 aromatic rings. The Kier molecular flexibility index (Phi) is 6.17. The molecule has 0 spiro atoms. The van der Waals surface area contributed by atoms with Crippen molar-refractivity contribution in [2.45, 2.75) is 37.0 Å². The van der Waals surface area contributed by atoms with Crippen molar-refractivity contribution in [1.82, 2.24) is 9.88 Å². The van der Waals surface area contributed by atoms with Gasteiger partial charge in [-0.15, -0.1) is 0 Å². The summed E-state index contributed by atoms with van der Waals surface area (Å²) in [6, 6.07) is 2.09. The maximum Gasteiger partial charge on any atom is 0.288 e. The van der Waals surface area contributed by atoms with Crippen LogP contribution in [0.5, 0.6) is 0 Å². The fraction of sp³-hybridized carbons (Fsp3) is 0.550. The van der Waals surface area contributed by atoms with Crippen LogP contribution in [-0.4, -0.2) is 61.6 Å². The average Bonchev–Trinajstić information content (AvgIpc) is 2.74. The van der Waals surface area contributed by atoms with Gasteiger partial charge in [0.05, 0.1) is 21.7 Å². The Balaban J connectivity index is 1.63. The molecule has 1 aromatic heterocycles. The van der Waals surface area contributed by atoms with Gasteiger partial charge in [-0.3, -0.25) is 19.7 Å². The molecule has 4 rings (SSSR count). The summed E-state index contributed by atoms with van der Waals surface area (Å²) in [5.74, 6) is 0.478. The molecule has 0 unspecified atom stereocenters. The number of nitro benzene ring substituents is 1. The van der Waals surface area contributed by atoms with Gasteiger partial charge in [-0.25, -0.2) is 8.42 Å². The molecule has 0 atom stereocenters. The van der Waals surface area contributed by atoms with E-state index in [4.69, 9.17) is 0 Å². The third-order valence-electron chi connectivity index (χ3n) is 6.08. The molecule has 2 aliphatic rings. The fourth-order valence-corrected chi connectivity index (χ4v) is 6.09. The highest BCUT2D eigenvalue weighted by atomic mass is 32.2. The zero-order valence-corrected chi connectivity index (χ0v) is 19.3. The van der Waals surface area contributed by atoms with Crippen LogP contribution in [0.15, 0.2) is 21.8 Å². The lowest BCUT2D eigenvalue weighted by Gasteiger charge is -2.37. The van der Waals surface area contributed by atoms with E-state index >= 15 is 0 Å². The number of piperazine rings is 1. The Morgan fingerprint density at radius 2 is 1.91 bits per heavy atom. The van der Waals surface area contributed by atoms with Crippen molar-refractivity contribution in [3.63, 3.8) is 0 Å². The van der Waals surface area contributed by atoms with Gasteiger partial charge in [0.25, 0.3) is 11.2 Å². The molecule has 0 N–H and O–H groups in total. The number of carbonyl (C=O) groups excluding carboxylic acids is 1. The molecule has 0 radical (unpaired) electrons. The first-order valence-electron chi connectivity index (χ1n) is 10.5. The summed E-state index contributed by atoms with van der Waals surface area (Å²) in [5.41, 5.74) is -1.21. The van der Waals surface area contributed by atoms with Crippen LogP contribution in [0.1, 0.15) is 32.1 Å². The number of hydrogen-bond donors (Lipinski definition) is 0. The van der Waals surface area contributed by atoms with Gasteiger partial charge >= 0.3 is 0 Å². The second-order valence-electron chi connectivity index (χ2n) is 8.42. The number of amides is 1. The molecule has 2 heterocycles. The highest BCUT2D eigenvalue weighted by Crippen LogP contribution is 2.34. The van der Waals surface area contributed by atoms with E-state index in [0.717, 1.165) is 49.1 Å². The molecule has 1 saturated carbocycles. The van der Waals surface area contributed by atoms with Crippen LogP contribution >= 0.6 is 11.3 Å². The lowest BCUT2D eigenvalue weighted by Crippen LogP contribution is -2.52. The summed E-state index contributed by atoms with van der Waals surface area (Å²) in [6.45, 7) is 1.78. The van der Waals surface area contributed by atoms with Gasteiger partial charge in [0.15, 0.2) is 15.0 Å². The van der Waals surface area contributed by atoms with E-state index in [0.29, 0.717) is 19.0 Å². The molecule has 1 aromatic carbocycles. The number of sulfone groups is 1. The van der Waals surface area contributed by atoms with Crippen LogP contribution in [0.4, 0.5) is 10.8 Å². The van der Waals surface area contributed by atoms with Crippen molar-refractivity contribution < 1.29 is 18.1 Å². The predicted molar refractivity (Wildman–Crippen MR) is 121 cm³/mol. The van der Waals surface area contributed by atoms with Gasteiger partial charge in [0.1, 0.15) is 4.70 Å². The molecule has 10 nitrogen and oxygen atoms in total. The number of non-ortho nitro benzene ring substituents is 1. The minimum absolute atomic E-state index is 0.0504. The Hall–Kier alpha value is -2.60. The van der Waals surface area contributed by atoms with Gasteiger partial charge in [-0.1, -0.05) is 30.6 Å². The number of carbonyl (C=O) groups is 1. The Labute approximate surface area is 188 Å². The number of rotatable bonds is 5. The highest BCUT2D eigenvalue weighted by molar-refractivity contribution is 7.90. The van der Waals surface area contributed by atoms with E-state index in [1.165, 1.54) is 19.3 Å². The highest BCUT2D eigenvalue weighted by Gasteiger charge is 2.29. The molecule has 1 aliphatic heterocycles. The van der Waals surface area contributed by atoms with Crippen LogP contribution in [0, 0.1) is 16.0 Å². The third-order valence-corrected chi connectivity index (χ3v) is 8.34. The minimum Gasteiger partial charge on any atom is -0.339 e. The largest absolute Gasteiger partial charge is 0.339 e. The van der Waals surface area contributed by atoms with E-state index in [-0.39, 0.29) is 32.6 Å². The molecule has 2 fully saturated rings. The topological polar surface area (TPSA) is 131 Å². The average molecular weight is 481 g/mol. The number of nitrogens with zero attached hydrogens (tertiary/aromatic N) is 4. The molecular formula is C20H24N4O6S2. The zero-order valence-electron chi connectivity index (χ0n) is 17.7. The standard InChI is InChI=1S/C20H24N4O6S2/c1-32(29,30)14-9-15-18(16(10-14)24(27)28)31-20(21-19(15)26)23-8-7-22(17(25)12-23)11-13-5-3-2-4-6-13/h9-10,13H,2-8,11-12H2,1H3. The van der Waals surface area contributed by atoms with Crippen LogP contribution < -0.4 is 10.5 Å². The van der Waals surface area contributed by atoms with E-state index in [9.17, 15) is 28.1 Å². The Bertz CT molecular complexity index is 1240. The number of fused-ring (bicyclic) bond motifs is 1. The molecule has 1 saturated heterocycles. The maximum atomic E-state index is 12.7. The fourth-order valence-electron chi connectivity index (χ4n) is 4.35. The first-order valence-corrected chi connectivity index (χ1v) is 13.2. The smallest absolute Gasteiger partial charge is 0.288 e. The quantitative estimate of drug-likeness (QED) is 0.470. The molecule has 1 aliphatic carbocycles. The van der Waals surface area contributed by atoms with Crippen molar-refractivity contribution in [3.05, 3.63) is 32.6 Å². The van der Waals surface area contributed by atoms with Crippen LogP contribution in [-0.2, 0) is 14.6 Å². The van der Waals surface area contributed by atoms with Crippen molar-refractivity contribution in [1.29, 1.82) is 0 Å². The van der Waals surface area contributed by atoms with Crippen LogP contribution in [0.25, 0.3) is 10.1 Å². The Morgan fingerprint density at radius 3 is 2.53 bits per heavy atom. The normalized spacial score (nSPS) is 18.3. The molecule has 172 valence electrons. The van der Waals surface area contributed by atoms with E-state index in [1.807, 2.05) is 4.90 Å². The number of nitro groups is 1. The summed E-state index contributed by atoms with van der Waals surface area (Å²) < 4.78 is 23.8.